The van der Waals surface area contributed by atoms with E-state index < -0.39 is 0 Å². The van der Waals surface area contributed by atoms with Crippen LogP contribution in [0.4, 0.5) is 5.69 Å². The smallest absolute Gasteiger partial charge is 0.283 e. The van der Waals surface area contributed by atoms with Gasteiger partial charge < -0.3 is 9.32 Å². The first kappa shape index (κ1) is 20.5. The van der Waals surface area contributed by atoms with Gasteiger partial charge in [0.15, 0.2) is 5.17 Å². The van der Waals surface area contributed by atoms with E-state index in [2.05, 4.69) is 4.99 Å². The highest BCUT2D eigenvalue weighted by Crippen LogP contribution is 2.30. The average Bonchev–Trinajstić information content (AvgIpc) is 3.41. The van der Waals surface area contributed by atoms with Gasteiger partial charge in [-0.25, -0.2) is 4.99 Å². The molecule has 30 heavy (non-hydrogen) atoms. The van der Waals surface area contributed by atoms with Crippen LogP contribution in [0.5, 0.6) is 0 Å². The van der Waals surface area contributed by atoms with Gasteiger partial charge in [-0.1, -0.05) is 49.2 Å². The fourth-order valence-corrected chi connectivity index (χ4v) is 4.74. The van der Waals surface area contributed by atoms with Crippen molar-refractivity contribution in [3.05, 3.63) is 60.2 Å². The topological polar surface area (TPSA) is 66.1 Å². The van der Waals surface area contributed by atoms with Crippen LogP contribution in [0.1, 0.15) is 37.9 Å². The molecule has 0 radical (unpaired) electrons. The minimum atomic E-state index is -0.229. The molecule has 0 bridgehead atoms. The molecule has 6 nitrogen and oxygen atoms in total. The second kappa shape index (κ2) is 9.34. The van der Waals surface area contributed by atoms with Crippen molar-refractivity contribution in [3.63, 3.8) is 0 Å². The van der Waals surface area contributed by atoms with E-state index in [0.717, 1.165) is 18.5 Å². The van der Waals surface area contributed by atoms with Crippen LogP contribution in [0.2, 0.25) is 0 Å². The van der Waals surface area contributed by atoms with Crippen LogP contribution in [0.3, 0.4) is 0 Å². The molecule has 2 amide bonds. The van der Waals surface area contributed by atoms with Crippen molar-refractivity contribution >= 4 is 40.5 Å². The summed E-state index contributed by atoms with van der Waals surface area (Å²) >= 11 is 1.30. The molecule has 4 rings (SSSR count). The van der Waals surface area contributed by atoms with Crippen LogP contribution in [-0.4, -0.2) is 40.7 Å². The molecule has 1 aromatic heterocycles. The van der Waals surface area contributed by atoms with Gasteiger partial charge in [-0.3, -0.25) is 14.5 Å². The van der Waals surface area contributed by atoms with E-state index in [0.29, 0.717) is 22.7 Å². The predicted octanol–water partition coefficient (Wildman–Crippen LogP) is 4.55. The van der Waals surface area contributed by atoms with Crippen molar-refractivity contribution in [1.29, 1.82) is 0 Å². The van der Waals surface area contributed by atoms with Gasteiger partial charge in [0, 0.05) is 19.2 Å². The Morgan fingerprint density at radius 2 is 1.97 bits per heavy atom. The summed E-state index contributed by atoms with van der Waals surface area (Å²) in [5.41, 5.74) is 1.02. The van der Waals surface area contributed by atoms with Crippen LogP contribution >= 0.6 is 11.8 Å². The van der Waals surface area contributed by atoms with Crippen molar-refractivity contribution < 1.29 is 14.0 Å². The standard InChI is InChI=1S/C23H25N3O3S/c1-25(17-9-4-2-5-10-17)21(27)16-30-23-24-20(15-19-13-8-14-29-19)22(28)26(23)18-11-6-3-7-12-18/h3,6-8,11-15,17H,2,4-5,9-10,16H2,1H3/b20-15+. The number of rotatable bonds is 5. The number of aliphatic imine (C=N–C) groups is 1. The highest BCUT2D eigenvalue weighted by molar-refractivity contribution is 8.14. The second-order valence-corrected chi connectivity index (χ2v) is 8.44. The van der Waals surface area contributed by atoms with Crippen molar-refractivity contribution in [2.24, 2.45) is 4.99 Å². The molecule has 1 aliphatic carbocycles. The largest absolute Gasteiger partial charge is 0.465 e. The summed E-state index contributed by atoms with van der Waals surface area (Å²) in [5.74, 6) is 0.650. The van der Waals surface area contributed by atoms with Gasteiger partial charge in [-0.2, -0.15) is 0 Å². The first-order valence-electron chi connectivity index (χ1n) is 10.3. The van der Waals surface area contributed by atoms with Gasteiger partial charge in [0.1, 0.15) is 11.5 Å². The Hall–Kier alpha value is -2.80. The van der Waals surface area contributed by atoms with E-state index in [1.165, 1.54) is 31.0 Å². The SMILES string of the molecule is CN(C(=O)CSC1=N/C(=C/c2ccco2)C(=O)N1c1ccccc1)C1CCCCC1. The van der Waals surface area contributed by atoms with Crippen LogP contribution in [0.15, 0.2) is 63.8 Å². The third-order valence-corrected chi connectivity index (χ3v) is 6.43. The van der Waals surface area contributed by atoms with Gasteiger partial charge in [0.2, 0.25) is 5.91 Å². The molecule has 2 heterocycles. The Morgan fingerprint density at radius 1 is 1.20 bits per heavy atom. The quantitative estimate of drug-likeness (QED) is 0.662. The lowest BCUT2D eigenvalue weighted by Crippen LogP contribution is -2.40. The Labute approximate surface area is 180 Å². The summed E-state index contributed by atoms with van der Waals surface area (Å²) in [7, 11) is 1.89. The zero-order chi connectivity index (χ0) is 20.9. The van der Waals surface area contributed by atoms with E-state index in [1.807, 2.05) is 42.3 Å². The number of anilines is 1. The van der Waals surface area contributed by atoms with Crippen molar-refractivity contribution in [3.8, 4) is 0 Å². The first-order chi connectivity index (χ1) is 14.6. The number of amides is 2. The Kier molecular flexibility index (Phi) is 6.38. The Morgan fingerprint density at radius 3 is 2.67 bits per heavy atom. The summed E-state index contributed by atoms with van der Waals surface area (Å²) in [6.07, 6.45) is 8.93. The van der Waals surface area contributed by atoms with Gasteiger partial charge in [-0.05, 0) is 37.1 Å². The van der Waals surface area contributed by atoms with Crippen molar-refractivity contribution in [2.75, 3.05) is 17.7 Å². The van der Waals surface area contributed by atoms with E-state index in [9.17, 15) is 9.59 Å². The maximum absolute atomic E-state index is 13.1. The molecular weight excluding hydrogens is 398 g/mol. The van der Waals surface area contributed by atoms with Crippen molar-refractivity contribution in [2.45, 2.75) is 38.1 Å². The molecule has 156 valence electrons. The third-order valence-electron chi connectivity index (χ3n) is 5.51. The van der Waals surface area contributed by atoms with Crippen LogP contribution in [-0.2, 0) is 9.59 Å². The highest BCUT2D eigenvalue weighted by atomic mass is 32.2. The number of hydrogen-bond donors (Lipinski definition) is 0. The number of thioether (sulfide) groups is 1. The zero-order valence-corrected chi connectivity index (χ0v) is 17.8. The number of amidine groups is 1. The molecule has 2 aromatic rings. The molecule has 7 heteroatoms. The summed E-state index contributed by atoms with van der Waals surface area (Å²) in [5, 5.41) is 0.509. The number of para-hydroxylation sites is 1. The van der Waals surface area contributed by atoms with E-state index >= 15 is 0 Å². The molecule has 0 saturated heterocycles. The molecule has 1 saturated carbocycles. The minimum absolute atomic E-state index is 0.0681. The van der Waals surface area contributed by atoms with Gasteiger partial charge in [0.05, 0.1) is 17.7 Å². The summed E-state index contributed by atoms with van der Waals surface area (Å²) in [6, 6.07) is 13.2. The molecule has 0 spiro atoms. The van der Waals surface area contributed by atoms with Gasteiger partial charge >= 0.3 is 0 Å². The molecule has 1 aromatic carbocycles. The average molecular weight is 424 g/mol. The lowest BCUT2D eigenvalue weighted by Gasteiger charge is -2.31. The molecule has 2 aliphatic rings. The summed E-state index contributed by atoms with van der Waals surface area (Å²) in [4.78, 5) is 33.8. The molecule has 0 unspecified atom stereocenters. The zero-order valence-electron chi connectivity index (χ0n) is 17.0. The fourth-order valence-electron chi connectivity index (χ4n) is 3.81. The normalized spacial score (nSPS) is 18.7. The maximum Gasteiger partial charge on any atom is 0.283 e. The van der Waals surface area contributed by atoms with Crippen molar-refractivity contribution in [1.82, 2.24) is 4.90 Å². The Balaban J connectivity index is 1.52. The molecule has 1 aliphatic heterocycles. The van der Waals surface area contributed by atoms with Crippen LogP contribution in [0, 0.1) is 0 Å². The monoisotopic (exact) mass is 423 g/mol. The van der Waals surface area contributed by atoms with Crippen LogP contribution < -0.4 is 4.90 Å². The number of furan rings is 1. The number of hydrogen-bond acceptors (Lipinski definition) is 5. The van der Waals surface area contributed by atoms with Gasteiger partial charge in [0.25, 0.3) is 5.91 Å². The third kappa shape index (κ3) is 4.51. The Bertz CT molecular complexity index is 947. The first-order valence-corrected chi connectivity index (χ1v) is 11.2. The lowest BCUT2D eigenvalue weighted by atomic mass is 9.94. The highest BCUT2D eigenvalue weighted by Gasteiger charge is 2.33. The molecule has 0 N–H and O–H groups in total. The minimum Gasteiger partial charge on any atom is -0.465 e. The number of nitrogens with zero attached hydrogens (tertiary/aromatic N) is 3. The number of carbonyl (C=O) groups is 2. The summed E-state index contributed by atoms with van der Waals surface area (Å²) in [6.45, 7) is 0. The molecular formula is C23H25N3O3S. The maximum atomic E-state index is 13.1. The second-order valence-electron chi connectivity index (χ2n) is 7.50. The lowest BCUT2D eigenvalue weighted by molar-refractivity contribution is -0.129. The molecule has 0 atom stereocenters. The van der Waals surface area contributed by atoms with E-state index in [1.54, 1.807) is 29.4 Å². The molecule has 1 fully saturated rings. The number of benzene rings is 1. The van der Waals surface area contributed by atoms with Crippen LogP contribution in [0.25, 0.3) is 6.08 Å². The fraction of sp³-hybridized carbons (Fsp3) is 0.348. The summed E-state index contributed by atoms with van der Waals surface area (Å²) < 4.78 is 5.33. The predicted molar refractivity (Wildman–Crippen MR) is 120 cm³/mol. The van der Waals surface area contributed by atoms with E-state index in [-0.39, 0.29) is 17.6 Å². The number of carbonyl (C=O) groups excluding carboxylic acids is 2. The van der Waals surface area contributed by atoms with Gasteiger partial charge in [-0.15, -0.1) is 0 Å². The van der Waals surface area contributed by atoms with E-state index in [4.69, 9.17) is 4.42 Å².